The molecule has 5 nitrogen and oxygen atoms in total. The molecule has 0 aromatic heterocycles. The molecule has 0 spiro atoms. The van der Waals surface area contributed by atoms with E-state index in [0.717, 1.165) is 31.0 Å². The summed E-state index contributed by atoms with van der Waals surface area (Å²) < 4.78 is 16.4. The molecule has 5 heteroatoms. The highest BCUT2D eigenvalue weighted by molar-refractivity contribution is 5.41. The number of morpholine rings is 1. The van der Waals surface area contributed by atoms with Crippen LogP contribution in [0.3, 0.4) is 0 Å². The van der Waals surface area contributed by atoms with Crippen molar-refractivity contribution in [3.05, 3.63) is 29.3 Å². The summed E-state index contributed by atoms with van der Waals surface area (Å²) in [5.41, 5.74) is 1.49. The molecule has 0 aliphatic carbocycles. The quantitative estimate of drug-likeness (QED) is 0.860. The van der Waals surface area contributed by atoms with Crippen LogP contribution in [0.25, 0.3) is 0 Å². The lowest BCUT2D eigenvalue weighted by Gasteiger charge is -2.23. The van der Waals surface area contributed by atoms with Gasteiger partial charge in [-0.15, -0.1) is 0 Å². The van der Waals surface area contributed by atoms with Crippen LogP contribution in [-0.2, 0) is 16.1 Å². The number of nitrogens with zero attached hydrogens (tertiary/aromatic N) is 1. The fraction of sp³-hybridized carbons (Fsp3) is 0.500. The predicted octanol–water partition coefficient (Wildman–Crippen LogP) is 1.07. The van der Waals surface area contributed by atoms with Crippen molar-refractivity contribution in [1.29, 1.82) is 5.26 Å². The summed E-state index contributed by atoms with van der Waals surface area (Å²) in [6.07, 6.45) is 0.0962. The average molecular weight is 262 g/mol. The SMILES string of the molecule is COc1ccc(C#N)cc1COCC1CNCCO1. The molecule has 0 amide bonds. The Labute approximate surface area is 113 Å². The lowest BCUT2D eigenvalue weighted by Crippen LogP contribution is -2.40. The number of nitriles is 1. The Kier molecular flexibility index (Phi) is 5.16. The third kappa shape index (κ3) is 3.93. The monoisotopic (exact) mass is 262 g/mol. The Hall–Kier alpha value is -1.61. The fourth-order valence-corrected chi connectivity index (χ4v) is 1.99. The highest BCUT2D eigenvalue weighted by Gasteiger charge is 2.13. The van der Waals surface area contributed by atoms with Gasteiger partial charge in [0.25, 0.3) is 0 Å². The van der Waals surface area contributed by atoms with Gasteiger partial charge in [-0.1, -0.05) is 0 Å². The second-order valence-corrected chi connectivity index (χ2v) is 4.35. The van der Waals surface area contributed by atoms with Gasteiger partial charge >= 0.3 is 0 Å². The maximum Gasteiger partial charge on any atom is 0.124 e. The number of rotatable bonds is 5. The van der Waals surface area contributed by atoms with Crippen molar-refractivity contribution in [3.63, 3.8) is 0 Å². The van der Waals surface area contributed by atoms with E-state index < -0.39 is 0 Å². The highest BCUT2D eigenvalue weighted by atomic mass is 16.5. The van der Waals surface area contributed by atoms with E-state index in [0.29, 0.717) is 18.8 Å². The van der Waals surface area contributed by atoms with Crippen LogP contribution in [0.15, 0.2) is 18.2 Å². The molecule has 1 aliphatic rings. The third-order valence-electron chi connectivity index (χ3n) is 2.98. The molecule has 1 saturated heterocycles. The molecule has 1 heterocycles. The third-order valence-corrected chi connectivity index (χ3v) is 2.98. The van der Waals surface area contributed by atoms with Gasteiger partial charge in [-0.3, -0.25) is 0 Å². The zero-order valence-corrected chi connectivity index (χ0v) is 11.0. The summed E-state index contributed by atoms with van der Waals surface area (Å²) >= 11 is 0. The van der Waals surface area contributed by atoms with E-state index >= 15 is 0 Å². The molecule has 1 aromatic rings. The predicted molar refractivity (Wildman–Crippen MR) is 70.0 cm³/mol. The molecule has 1 aromatic carbocycles. The van der Waals surface area contributed by atoms with Gasteiger partial charge in [-0.05, 0) is 18.2 Å². The van der Waals surface area contributed by atoms with Crippen molar-refractivity contribution in [2.75, 3.05) is 33.4 Å². The number of hydrogen-bond acceptors (Lipinski definition) is 5. The van der Waals surface area contributed by atoms with Crippen molar-refractivity contribution in [2.45, 2.75) is 12.7 Å². The van der Waals surface area contributed by atoms with E-state index in [1.165, 1.54) is 0 Å². The van der Waals surface area contributed by atoms with E-state index in [9.17, 15) is 0 Å². The maximum absolute atomic E-state index is 8.90. The number of benzene rings is 1. The van der Waals surface area contributed by atoms with E-state index in [1.807, 2.05) is 0 Å². The van der Waals surface area contributed by atoms with Crippen LogP contribution in [0.4, 0.5) is 0 Å². The molecule has 2 rings (SSSR count). The van der Waals surface area contributed by atoms with Crippen LogP contribution < -0.4 is 10.1 Å². The largest absolute Gasteiger partial charge is 0.496 e. The molecule has 0 saturated carbocycles. The van der Waals surface area contributed by atoms with Crippen LogP contribution in [0.2, 0.25) is 0 Å². The first-order chi connectivity index (χ1) is 9.33. The van der Waals surface area contributed by atoms with E-state index in [2.05, 4.69) is 11.4 Å². The van der Waals surface area contributed by atoms with Gasteiger partial charge in [0.2, 0.25) is 0 Å². The van der Waals surface area contributed by atoms with Gasteiger partial charge in [0, 0.05) is 18.7 Å². The molecule has 0 radical (unpaired) electrons. The lowest BCUT2D eigenvalue weighted by molar-refractivity contribution is -0.0360. The zero-order chi connectivity index (χ0) is 13.5. The van der Waals surface area contributed by atoms with Crippen molar-refractivity contribution in [1.82, 2.24) is 5.32 Å². The van der Waals surface area contributed by atoms with E-state index in [-0.39, 0.29) is 6.10 Å². The molecule has 1 atom stereocenters. The van der Waals surface area contributed by atoms with Crippen LogP contribution in [0.1, 0.15) is 11.1 Å². The van der Waals surface area contributed by atoms with E-state index in [1.54, 1.807) is 25.3 Å². The summed E-state index contributed by atoms with van der Waals surface area (Å²) in [6.45, 7) is 3.39. The normalized spacial score (nSPS) is 18.8. The van der Waals surface area contributed by atoms with Crippen LogP contribution >= 0.6 is 0 Å². The maximum atomic E-state index is 8.90. The Bertz CT molecular complexity index is 450. The van der Waals surface area contributed by atoms with Crippen molar-refractivity contribution in [3.8, 4) is 11.8 Å². The summed E-state index contributed by atoms with van der Waals surface area (Å²) in [5, 5.41) is 12.1. The Morgan fingerprint density at radius 2 is 2.42 bits per heavy atom. The summed E-state index contributed by atoms with van der Waals surface area (Å²) in [4.78, 5) is 0. The molecular weight excluding hydrogens is 244 g/mol. The first kappa shape index (κ1) is 13.8. The lowest BCUT2D eigenvalue weighted by atomic mass is 10.1. The summed E-state index contributed by atoms with van der Waals surface area (Å²) in [7, 11) is 1.61. The average Bonchev–Trinajstić information content (AvgIpc) is 2.48. The number of nitrogens with one attached hydrogen (secondary N) is 1. The van der Waals surface area contributed by atoms with Crippen LogP contribution in [0.5, 0.6) is 5.75 Å². The van der Waals surface area contributed by atoms with Gasteiger partial charge < -0.3 is 19.5 Å². The van der Waals surface area contributed by atoms with Gasteiger partial charge in [0.05, 0.1) is 44.7 Å². The topological polar surface area (TPSA) is 63.5 Å². The minimum absolute atomic E-state index is 0.0962. The molecule has 1 fully saturated rings. The van der Waals surface area contributed by atoms with Crippen molar-refractivity contribution >= 4 is 0 Å². The summed E-state index contributed by atoms with van der Waals surface area (Å²) in [6, 6.07) is 7.42. The minimum Gasteiger partial charge on any atom is -0.496 e. The van der Waals surface area contributed by atoms with Gasteiger partial charge in [-0.25, -0.2) is 0 Å². The van der Waals surface area contributed by atoms with Gasteiger partial charge in [-0.2, -0.15) is 5.26 Å². The first-order valence-corrected chi connectivity index (χ1v) is 6.30. The smallest absolute Gasteiger partial charge is 0.124 e. The van der Waals surface area contributed by atoms with Crippen molar-refractivity contribution in [2.24, 2.45) is 0 Å². The Balaban J connectivity index is 1.89. The molecular formula is C14H18N2O3. The molecule has 0 bridgehead atoms. The molecule has 1 aliphatic heterocycles. The van der Waals surface area contributed by atoms with Crippen LogP contribution in [-0.4, -0.2) is 39.5 Å². The molecule has 19 heavy (non-hydrogen) atoms. The molecule has 1 N–H and O–H groups in total. The summed E-state index contributed by atoms with van der Waals surface area (Å²) in [5.74, 6) is 0.738. The highest BCUT2D eigenvalue weighted by Crippen LogP contribution is 2.20. The Morgan fingerprint density at radius 1 is 1.53 bits per heavy atom. The zero-order valence-electron chi connectivity index (χ0n) is 11.0. The second-order valence-electron chi connectivity index (χ2n) is 4.35. The van der Waals surface area contributed by atoms with Crippen LogP contribution in [0, 0.1) is 11.3 Å². The van der Waals surface area contributed by atoms with E-state index in [4.69, 9.17) is 19.5 Å². The Morgan fingerprint density at radius 3 is 3.11 bits per heavy atom. The first-order valence-electron chi connectivity index (χ1n) is 6.30. The standard InChI is InChI=1S/C14H18N2O3/c1-17-14-3-2-11(7-15)6-12(14)9-18-10-13-8-16-4-5-19-13/h2-3,6,13,16H,4-5,8-10H2,1H3. The minimum atomic E-state index is 0.0962. The number of ether oxygens (including phenoxy) is 3. The number of methoxy groups -OCH3 is 1. The number of hydrogen-bond donors (Lipinski definition) is 1. The molecule has 1 unspecified atom stereocenters. The van der Waals surface area contributed by atoms with Crippen molar-refractivity contribution < 1.29 is 14.2 Å². The van der Waals surface area contributed by atoms with Gasteiger partial charge in [0.1, 0.15) is 5.75 Å². The molecule has 102 valence electrons. The van der Waals surface area contributed by atoms with Gasteiger partial charge in [0.15, 0.2) is 0 Å². The second kappa shape index (κ2) is 7.10. The fourth-order valence-electron chi connectivity index (χ4n) is 1.99.